The van der Waals surface area contributed by atoms with Crippen LogP contribution >= 0.6 is 0 Å². The summed E-state index contributed by atoms with van der Waals surface area (Å²) in [6.07, 6.45) is 0. The number of likely N-dealkylation sites (N-methyl/N-ethyl adjacent to an activating group) is 1. The van der Waals surface area contributed by atoms with E-state index in [0.29, 0.717) is 13.2 Å². The molecule has 4 nitrogen and oxygen atoms in total. The molecule has 0 aromatic carbocycles. The average molecular weight is 175 g/mol. The van der Waals surface area contributed by atoms with Crippen molar-refractivity contribution in [3.8, 4) is 0 Å². The van der Waals surface area contributed by atoms with E-state index >= 15 is 0 Å². The minimum Gasteiger partial charge on any atom is -0.464 e. The van der Waals surface area contributed by atoms with Crippen molar-refractivity contribution in [2.24, 2.45) is 0 Å². The summed E-state index contributed by atoms with van der Waals surface area (Å²) in [6, 6.07) is 0. The predicted octanol–water partition coefficient (Wildman–Crippen LogP) is 0.176. The van der Waals surface area contributed by atoms with Crippen molar-refractivity contribution in [3.63, 3.8) is 0 Å². The van der Waals surface area contributed by atoms with Gasteiger partial charge in [0.15, 0.2) is 0 Å². The zero-order valence-corrected chi connectivity index (χ0v) is 7.76. The summed E-state index contributed by atoms with van der Waals surface area (Å²) in [5.74, 6) is -0.297. The van der Waals surface area contributed by atoms with Gasteiger partial charge in [-0.3, -0.25) is 0 Å². The van der Waals surface area contributed by atoms with Crippen LogP contribution in [-0.4, -0.2) is 38.9 Å². The first kappa shape index (κ1) is 11.4. The standard InChI is InChI=1S/C8H17NO3/c1-3-9-5-6-11-7-8(10)12-4-2/h9H,3-7H2,1-2H3. The Morgan fingerprint density at radius 2 is 2.17 bits per heavy atom. The Labute approximate surface area is 73.2 Å². The summed E-state index contributed by atoms with van der Waals surface area (Å²) in [7, 11) is 0. The molecule has 4 heteroatoms. The van der Waals surface area contributed by atoms with Gasteiger partial charge >= 0.3 is 5.97 Å². The molecule has 72 valence electrons. The van der Waals surface area contributed by atoms with Gasteiger partial charge in [0, 0.05) is 6.54 Å². The van der Waals surface area contributed by atoms with Crippen molar-refractivity contribution in [3.05, 3.63) is 0 Å². The first-order chi connectivity index (χ1) is 5.81. The van der Waals surface area contributed by atoms with Crippen LogP contribution < -0.4 is 5.32 Å². The predicted molar refractivity (Wildman–Crippen MR) is 46.0 cm³/mol. The Hall–Kier alpha value is -0.610. The van der Waals surface area contributed by atoms with Crippen LogP contribution in [-0.2, 0) is 14.3 Å². The van der Waals surface area contributed by atoms with E-state index in [1.807, 2.05) is 6.92 Å². The fourth-order valence-corrected chi connectivity index (χ4v) is 0.679. The zero-order chi connectivity index (χ0) is 9.23. The highest BCUT2D eigenvalue weighted by Gasteiger charge is 1.99. The van der Waals surface area contributed by atoms with Gasteiger partial charge in [-0.1, -0.05) is 6.92 Å². The molecule has 0 spiro atoms. The summed E-state index contributed by atoms with van der Waals surface area (Å²) >= 11 is 0. The molecule has 0 aliphatic heterocycles. The number of nitrogens with one attached hydrogen (secondary N) is 1. The van der Waals surface area contributed by atoms with Crippen LogP contribution in [0.3, 0.4) is 0 Å². The molecule has 0 aromatic rings. The molecule has 0 heterocycles. The van der Waals surface area contributed by atoms with E-state index in [1.54, 1.807) is 6.92 Å². The summed E-state index contributed by atoms with van der Waals surface area (Å²) in [4.78, 5) is 10.7. The fourth-order valence-electron chi connectivity index (χ4n) is 0.679. The topological polar surface area (TPSA) is 47.6 Å². The highest BCUT2D eigenvalue weighted by Crippen LogP contribution is 1.80. The Balaban J connectivity index is 3.03. The van der Waals surface area contributed by atoms with Crippen molar-refractivity contribution < 1.29 is 14.3 Å². The van der Waals surface area contributed by atoms with Crippen molar-refractivity contribution in [1.82, 2.24) is 5.32 Å². The SMILES string of the molecule is CCNCCOCC(=O)OCC. The second-order valence-corrected chi connectivity index (χ2v) is 2.21. The zero-order valence-electron chi connectivity index (χ0n) is 7.76. The molecule has 0 bridgehead atoms. The maximum Gasteiger partial charge on any atom is 0.332 e. The molecule has 1 N–H and O–H groups in total. The van der Waals surface area contributed by atoms with Gasteiger partial charge < -0.3 is 14.8 Å². The van der Waals surface area contributed by atoms with E-state index < -0.39 is 0 Å². The van der Waals surface area contributed by atoms with Gasteiger partial charge in [0.25, 0.3) is 0 Å². The summed E-state index contributed by atoms with van der Waals surface area (Å²) in [5, 5.41) is 3.08. The second kappa shape index (κ2) is 8.49. The molecule has 0 aliphatic carbocycles. The van der Waals surface area contributed by atoms with Crippen LogP contribution in [0, 0.1) is 0 Å². The molecular formula is C8H17NO3. The van der Waals surface area contributed by atoms with Crippen LogP contribution in [0.25, 0.3) is 0 Å². The number of rotatable bonds is 7. The van der Waals surface area contributed by atoms with Gasteiger partial charge in [-0.2, -0.15) is 0 Å². The van der Waals surface area contributed by atoms with Gasteiger partial charge in [0.2, 0.25) is 0 Å². The molecule has 0 saturated carbocycles. The lowest BCUT2D eigenvalue weighted by Crippen LogP contribution is -2.21. The molecule has 0 fully saturated rings. The molecular weight excluding hydrogens is 158 g/mol. The number of carbonyl (C=O) groups excluding carboxylic acids is 1. The van der Waals surface area contributed by atoms with Gasteiger partial charge in [-0.05, 0) is 13.5 Å². The van der Waals surface area contributed by atoms with E-state index in [0.717, 1.165) is 13.1 Å². The van der Waals surface area contributed by atoms with E-state index in [4.69, 9.17) is 4.74 Å². The average Bonchev–Trinajstić information content (AvgIpc) is 2.05. The molecule has 0 radical (unpaired) electrons. The van der Waals surface area contributed by atoms with Crippen molar-refractivity contribution >= 4 is 5.97 Å². The van der Waals surface area contributed by atoms with Crippen LogP contribution in [0.5, 0.6) is 0 Å². The fraction of sp³-hybridized carbons (Fsp3) is 0.875. The van der Waals surface area contributed by atoms with Crippen molar-refractivity contribution in [2.75, 3.05) is 32.9 Å². The third-order valence-corrected chi connectivity index (χ3v) is 1.20. The molecule has 0 aromatic heterocycles. The van der Waals surface area contributed by atoms with Crippen LogP contribution in [0.4, 0.5) is 0 Å². The normalized spacial score (nSPS) is 9.83. The second-order valence-electron chi connectivity index (χ2n) is 2.21. The Morgan fingerprint density at radius 1 is 1.42 bits per heavy atom. The maximum absolute atomic E-state index is 10.7. The van der Waals surface area contributed by atoms with Crippen LogP contribution in [0.1, 0.15) is 13.8 Å². The van der Waals surface area contributed by atoms with E-state index in [1.165, 1.54) is 0 Å². The highest BCUT2D eigenvalue weighted by molar-refractivity contribution is 5.70. The summed E-state index contributed by atoms with van der Waals surface area (Å²) in [6.45, 7) is 6.50. The number of ether oxygens (including phenoxy) is 2. The first-order valence-corrected chi connectivity index (χ1v) is 4.25. The van der Waals surface area contributed by atoms with Crippen molar-refractivity contribution in [1.29, 1.82) is 0 Å². The lowest BCUT2D eigenvalue weighted by Gasteiger charge is -2.03. The Kier molecular flexibility index (Phi) is 8.05. The molecule has 0 aliphatic rings. The quantitative estimate of drug-likeness (QED) is 0.443. The lowest BCUT2D eigenvalue weighted by molar-refractivity contribution is -0.148. The van der Waals surface area contributed by atoms with E-state index in [-0.39, 0.29) is 12.6 Å². The molecule has 0 saturated heterocycles. The Morgan fingerprint density at radius 3 is 2.75 bits per heavy atom. The molecule has 12 heavy (non-hydrogen) atoms. The monoisotopic (exact) mass is 175 g/mol. The number of hydrogen-bond donors (Lipinski definition) is 1. The summed E-state index contributed by atoms with van der Waals surface area (Å²) in [5.41, 5.74) is 0. The van der Waals surface area contributed by atoms with Gasteiger partial charge in [-0.25, -0.2) is 4.79 Å². The lowest BCUT2D eigenvalue weighted by atomic mass is 10.6. The number of esters is 1. The van der Waals surface area contributed by atoms with Gasteiger partial charge in [0.05, 0.1) is 13.2 Å². The maximum atomic E-state index is 10.7. The minimum absolute atomic E-state index is 0.0548. The minimum atomic E-state index is -0.297. The molecule has 0 unspecified atom stereocenters. The first-order valence-electron chi connectivity index (χ1n) is 4.25. The van der Waals surface area contributed by atoms with Crippen LogP contribution in [0.15, 0.2) is 0 Å². The largest absolute Gasteiger partial charge is 0.464 e. The molecule has 0 rings (SSSR count). The number of hydrogen-bond acceptors (Lipinski definition) is 4. The van der Waals surface area contributed by atoms with E-state index in [9.17, 15) is 4.79 Å². The van der Waals surface area contributed by atoms with Gasteiger partial charge in [-0.15, -0.1) is 0 Å². The molecule has 0 amide bonds. The van der Waals surface area contributed by atoms with Crippen LogP contribution in [0.2, 0.25) is 0 Å². The number of carbonyl (C=O) groups is 1. The van der Waals surface area contributed by atoms with Crippen molar-refractivity contribution in [2.45, 2.75) is 13.8 Å². The third kappa shape index (κ3) is 7.50. The highest BCUT2D eigenvalue weighted by atomic mass is 16.6. The summed E-state index contributed by atoms with van der Waals surface area (Å²) < 4.78 is 9.68. The smallest absolute Gasteiger partial charge is 0.332 e. The molecule has 0 atom stereocenters. The third-order valence-electron chi connectivity index (χ3n) is 1.20. The van der Waals surface area contributed by atoms with E-state index in [2.05, 4.69) is 10.1 Å². The Bertz CT molecular complexity index is 117. The van der Waals surface area contributed by atoms with Gasteiger partial charge in [0.1, 0.15) is 6.61 Å².